The standard InChI is InChI=1S/C9H10Br2N4/c1-14-6-15(13-12-14)9-4-2-3-8(11)7(9)5-10/h2-4H,5-6H2,1H3. The third-order valence-corrected chi connectivity index (χ3v) is 3.45. The molecule has 2 rings (SSSR count). The molecule has 0 atom stereocenters. The first-order valence-corrected chi connectivity index (χ1v) is 6.37. The van der Waals surface area contributed by atoms with Gasteiger partial charge >= 0.3 is 0 Å². The second-order valence-corrected chi connectivity index (χ2v) is 4.66. The first-order chi connectivity index (χ1) is 7.22. The Kier molecular flexibility index (Phi) is 3.25. The minimum atomic E-state index is 0.691. The van der Waals surface area contributed by atoms with Crippen LogP contribution in [0.5, 0.6) is 0 Å². The van der Waals surface area contributed by atoms with Gasteiger partial charge in [0.05, 0.1) is 5.69 Å². The van der Waals surface area contributed by atoms with E-state index in [1.165, 1.54) is 5.56 Å². The highest BCUT2D eigenvalue weighted by Crippen LogP contribution is 2.31. The van der Waals surface area contributed by atoms with Gasteiger partial charge in [0, 0.05) is 22.4 Å². The first kappa shape index (κ1) is 10.9. The van der Waals surface area contributed by atoms with Crippen molar-refractivity contribution < 1.29 is 0 Å². The average Bonchev–Trinajstić information content (AvgIpc) is 2.64. The van der Waals surface area contributed by atoms with Crippen molar-refractivity contribution in [1.82, 2.24) is 5.01 Å². The van der Waals surface area contributed by atoms with Gasteiger partial charge in [-0.25, -0.2) is 5.01 Å². The van der Waals surface area contributed by atoms with Gasteiger partial charge in [-0.3, -0.25) is 5.01 Å². The lowest BCUT2D eigenvalue weighted by atomic mass is 10.2. The fourth-order valence-electron chi connectivity index (χ4n) is 1.41. The predicted octanol–water partition coefficient (Wildman–Crippen LogP) is 3.34. The van der Waals surface area contributed by atoms with Gasteiger partial charge in [-0.1, -0.05) is 43.1 Å². The largest absolute Gasteiger partial charge is 0.258 e. The van der Waals surface area contributed by atoms with E-state index < -0.39 is 0 Å². The maximum Gasteiger partial charge on any atom is 0.132 e. The summed E-state index contributed by atoms with van der Waals surface area (Å²) in [7, 11) is 1.90. The summed E-state index contributed by atoms with van der Waals surface area (Å²) in [4.78, 5) is 0. The van der Waals surface area contributed by atoms with Crippen molar-refractivity contribution in [3.8, 4) is 0 Å². The zero-order valence-electron chi connectivity index (χ0n) is 8.19. The van der Waals surface area contributed by atoms with E-state index in [2.05, 4.69) is 42.3 Å². The zero-order valence-corrected chi connectivity index (χ0v) is 11.4. The molecule has 0 spiro atoms. The molecule has 0 saturated heterocycles. The monoisotopic (exact) mass is 332 g/mol. The maximum atomic E-state index is 4.08. The Morgan fingerprint density at radius 1 is 1.40 bits per heavy atom. The van der Waals surface area contributed by atoms with Gasteiger partial charge in [-0.05, 0) is 17.4 Å². The van der Waals surface area contributed by atoms with Gasteiger partial charge in [0.25, 0.3) is 0 Å². The first-order valence-electron chi connectivity index (χ1n) is 4.46. The molecule has 1 aromatic rings. The zero-order chi connectivity index (χ0) is 10.8. The lowest BCUT2D eigenvalue weighted by molar-refractivity contribution is 0.390. The summed E-state index contributed by atoms with van der Waals surface area (Å²) in [5, 5.41) is 12.5. The normalized spacial score (nSPS) is 15.1. The summed E-state index contributed by atoms with van der Waals surface area (Å²) >= 11 is 7.01. The van der Waals surface area contributed by atoms with Crippen LogP contribution in [0.15, 0.2) is 33.1 Å². The van der Waals surface area contributed by atoms with Crippen molar-refractivity contribution in [1.29, 1.82) is 0 Å². The number of alkyl halides is 1. The molecule has 1 aromatic carbocycles. The number of nitrogens with zero attached hydrogens (tertiary/aromatic N) is 4. The number of halogens is 2. The van der Waals surface area contributed by atoms with Crippen LogP contribution in [0.25, 0.3) is 0 Å². The second-order valence-electron chi connectivity index (χ2n) is 3.25. The van der Waals surface area contributed by atoms with E-state index in [1.54, 1.807) is 5.01 Å². The molecular weight excluding hydrogens is 324 g/mol. The van der Waals surface area contributed by atoms with Crippen LogP contribution >= 0.6 is 31.9 Å². The van der Waals surface area contributed by atoms with Crippen LogP contribution < -0.4 is 5.01 Å². The highest BCUT2D eigenvalue weighted by molar-refractivity contribution is 9.10. The molecule has 6 heteroatoms. The fourth-order valence-corrected chi connectivity index (χ4v) is 2.87. The van der Waals surface area contributed by atoms with E-state index in [1.807, 2.05) is 30.3 Å². The van der Waals surface area contributed by atoms with E-state index in [0.717, 1.165) is 15.5 Å². The van der Waals surface area contributed by atoms with E-state index in [-0.39, 0.29) is 0 Å². The molecule has 1 heterocycles. The third-order valence-electron chi connectivity index (χ3n) is 2.15. The fraction of sp³-hybridized carbons (Fsp3) is 0.333. The molecular formula is C9H10Br2N4. The van der Waals surface area contributed by atoms with Crippen LogP contribution in [-0.2, 0) is 5.33 Å². The molecule has 0 amide bonds. The van der Waals surface area contributed by atoms with Gasteiger partial charge in [0.1, 0.15) is 6.67 Å². The minimum Gasteiger partial charge on any atom is -0.258 e. The Morgan fingerprint density at radius 2 is 2.20 bits per heavy atom. The third kappa shape index (κ3) is 2.15. The van der Waals surface area contributed by atoms with Crippen molar-refractivity contribution >= 4 is 37.5 Å². The van der Waals surface area contributed by atoms with Crippen LogP contribution in [0.4, 0.5) is 5.69 Å². The summed E-state index contributed by atoms with van der Waals surface area (Å²) in [6.07, 6.45) is 0. The molecule has 0 radical (unpaired) electrons. The number of hydrogen-bond donors (Lipinski definition) is 0. The second kappa shape index (κ2) is 4.49. The Hall–Kier alpha value is -0.620. The van der Waals surface area contributed by atoms with Gasteiger partial charge in [0.2, 0.25) is 0 Å². The molecule has 0 bridgehead atoms. The Bertz CT molecular complexity index is 394. The molecule has 4 nitrogen and oxygen atoms in total. The maximum absolute atomic E-state index is 4.08. The minimum absolute atomic E-state index is 0.691. The van der Waals surface area contributed by atoms with E-state index in [0.29, 0.717) is 6.67 Å². The van der Waals surface area contributed by atoms with Crippen LogP contribution in [0.3, 0.4) is 0 Å². The van der Waals surface area contributed by atoms with E-state index in [9.17, 15) is 0 Å². The number of benzene rings is 1. The molecule has 0 fully saturated rings. The highest BCUT2D eigenvalue weighted by atomic mass is 79.9. The van der Waals surface area contributed by atoms with Gasteiger partial charge in [-0.15, -0.1) is 0 Å². The molecule has 0 saturated carbocycles. The molecule has 1 aliphatic rings. The summed E-state index contributed by atoms with van der Waals surface area (Å²) in [5.74, 6) is 0. The molecule has 0 aromatic heterocycles. The van der Waals surface area contributed by atoms with E-state index in [4.69, 9.17) is 0 Å². The summed E-state index contributed by atoms with van der Waals surface area (Å²) < 4.78 is 1.08. The van der Waals surface area contributed by atoms with Crippen molar-refractivity contribution in [3.05, 3.63) is 28.2 Å². The number of hydrogen-bond acceptors (Lipinski definition) is 4. The van der Waals surface area contributed by atoms with Crippen molar-refractivity contribution in [2.45, 2.75) is 5.33 Å². The smallest absolute Gasteiger partial charge is 0.132 e. The average molecular weight is 334 g/mol. The Labute approximate surface area is 105 Å². The van der Waals surface area contributed by atoms with Crippen LogP contribution in [0.1, 0.15) is 5.56 Å². The molecule has 0 aliphatic carbocycles. The summed E-state index contributed by atoms with van der Waals surface area (Å²) in [6.45, 7) is 0.691. The quantitative estimate of drug-likeness (QED) is 0.777. The summed E-state index contributed by atoms with van der Waals surface area (Å²) in [6, 6.07) is 6.07. The van der Waals surface area contributed by atoms with Crippen LogP contribution in [-0.4, -0.2) is 18.7 Å². The SMILES string of the molecule is CN1CN(c2cccc(Br)c2CBr)N=N1. The lowest BCUT2D eigenvalue weighted by Crippen LogP contribution is -2.22. The molecule has 1 aliphatic heterocycles. The number of rotatable bonds is 2. The Morgan fingerprint density at radius 3 is 2.80 bits per heavy atom. The van der Waals surface area contributed by atoms with Crippen LogP contribution in [0, 0.1) is 0 Å². The van der Waals surface area contributed by atoms with E-state index >= 15 is 0 Å². The highest BCUT2D eigenvalue weighted by Gasteiger charge is 2.17. The topological polar surface area (TPSA) is 31.2 Å². The molecule has 0 unspecified atom stereocenters. The molecule has 15 heavy (non-hydrogen) atoms. The van der Waals surface area contributed by atoms with Crippen LogP contribution in [0.2, 0.25) is 0 Å². The van der Waals surface area contributed by atoms with Crippen molar-refractivity contribution in [3.63, 3.8) is 0 Å². The number of anilines is 1. The molecule has 0 N–H and O–H groups in total. The van der Waals surface area contributed by atoms with Crippen molar-refractivity contribution in [2.75, 3.05) is 18.7 Å². The van der Waals surface area contributed by atoms with Gasteiger partial charge in [-0.2, -0.15) is 0 Å². The molecule has 80 valence electrons. The predicted molar refractivity (Wildman–Crippen MR) is 66.7 cm³/mol. The van der Waals surface area contributed by atoms with Gasteiger partial charge < -0.3 is 0 Å². The van der Waals surface area contributed by atoms with Gasteiger partial charge in [0.15, 0.2) is 0 Å². The lowest BCUT2D eigenvalue weighted by Gasteiger charge is -2.17. The van der Waals surface area contributed by atoms with Crippen molar-refractivity contribution in [2.24, 2.45) is 10.4 Å². The summed E-state index contributed by atoms with van der Waals surface area (Å²) in [5.41, 5.74) is 2.26. The Balaban J connectivity index is 2.36.